The number of alkyl carbamates (subject to hydrolysis) is 1. The van der Waals surface area contributed by atoms with Crippen LogP contribution in [0, 0.1) is 5.92 Å². The molecule has 122 valence electrons. The van der Waals surface area contributed by atoms with E-state index >= 15 is 0 Å². The molecule has 1 saturated carbocycles. The van der Waals surface area contributed by atoms with Crippen molar-refractivity contribution >= 4 is 12.0 Å². The molecule has 0 aromatic heterocycles. The molecule has 2 atom stereocenters. The molecule has 0 aromatic rings. The van der Waals surface area contributed by atoms with Gasteiger partial charge < -0.3 is 15.4 Å². The monoisotopic (exact) mass is 298 g/mol. The Morgan fingerprint density at radius 2 is 1.71 bits per heavy atom. The predicted molar refractivity (Wildman–Crippen MR) is 83.0 cm³/mol. The molecule has 2 amide bonds. The Morgan fingerprint density at radius 1 is 1.10 bits per heavy atom. The van der Waals surface area contributed by atoms with Crippen LogP contribution in [0.4, 0.5) is 4.79 Å². The molecule has 2 N–H and O–H groups in total. The van der Waals surface area contributed by atoms with E-state index in [0.717, 1.165) is 32.1 Å². The van der Waals surface area contributed by atoms with Crippen molar-refractivity contribution in [2.45, 2.75) is 84.4 Å². The summed E-state index contributed by atoms with van der Waals surface area (Å²) < 4.78 is 5.31. The number of amides is 2. The lowest BCUT2D eigenvalue weighted by Crippen LogP contribution is -2.48. The van der Waals surface area contributed by atoms with Crippen molar-refractivity contribution in [2.75, 3.05) is 0 Å². The van der Waals surface area contributed by atoms with Crippen LogP contribution in [0.25, 0.3) is 0 Å². The summed E-state index contributed by atoms with van der Waals surface area (Å²) in [5.41, 5.74) is -0.523. The summed E-state index contributed by atoms with van der Waals surface area (Å²) in [6.45, 7) is 9.41. The molecule has 0 aliphatic heterocycles. The van der Waals surface area contributed by atoms with Gasteiger partial charge in [-0.15, -0.1) is 0 Å². The summed E-state index contributed by atoms with van der Waals surface area (Å²) in [7, 11) is 0. The highest BCUT2D eigenvalue weighted by Crippen LogP contribution is 2.24. The molecule has 0 spiro atoms. The Balaban J connectivity index is 2.69. The molecule has 5 nitrogen and oxygen atoms in total. The number of carbonyl (C=O) groups excluding carboxylic acids is 2. The Hall–Kier alpha value is -1.26. The van der Waals surface area contributed by atoms with E-state index in [1.165, 1.54) is 0 Å². The van der Waals surface area contributed by atoms with E-state index in [0.29, 0.717) is 0 Å². The maximum Gasteiger partial charge on any atom is 0.407 e. The summed E-state index contributed by atoms with van der Waals surface area (Å²) >= 11 is 0. The topological polar surface area (TPSA) is 67.4 Å². The Bertz CT molecular complexity index is 361. The standard InChI is InChI=1S/C16H30N2O3/c1-11(2)17-14(19)12-9-7-6-8-10-13(12)18-15(20)21-16(3,4)5/h11-13H,6-10H2,1-5H3,(H,17,19)(H,18,20)/t12-,13-/m1/s1. The molecule has 5 heteroatoms. The second kappa shape index (κ2) is 7.66. The third-order valence-electron chi connectivity index (χ3n) is 3.49. The number of hydrogen-bond donors (Lipinski definition) is 2. The van der Waals surface area contributed by atoms with Crippen molar-refractivity contribution in [2.24, 2.45) is 5.92 Å². The van der Waals surface area contributed by atoms with Crippen LogP contribution in [-0.2, 0) is 9.53 Å². The molecule has 1 aliphatic carbocycles. The van der Waals surface area contributed by atoms with Crippen molar-refractivity contribution in [3.8, 4) is 0 Å². The molecule has 0 heterocycles. The van der Waals surface area contributed by atoms with E-state index in [1.54, 1.807) is 0 Å². The highest BCUT2D eigenvalue weighted by molar-refractivity contribution is 5.80. The van der Waals surface area contributed by atoms with Gasteiger partial charge in [0.05, 0.1) is 5.92 Å². The third kappa shape index (κ3) is 6.82. The zero-order valence-electron chi connectivity index (χ0n) is 14.0. The lowest BCUT2D eigenvalue weighted by molar-refractivity contribution is -0.126. The van der Waals surface area contributed by atoms with Gasteiger partial charge in [0, 0.05) is 12.1 Å². The smallest absolute Gasteiger partial charge is 0.407 e. The second-order valence-electron chi connectivity index (χ2n) is 7.16. The minimum Gasteiger partial charge on any atom is -0.444 e. The van der Waals surface area contributed by atoms with Gasteiger partial charge in [-0.05, 0) is 47.5 Å². The van der Waals surface area contributed by atoms with Crippen LogP contribution < -0.4 is 10.6 Å². The summed E-state index contributed by atoms with van der Waals surface area (Å²) in [6.07, 6.45) is 4.39. The van der Waals surface area contributed by atoms with Gasteiger partial charge in [0.15, 0.2) is 0 Å². The molecule has 0 unspecified atom stereocenters. The first-order chi connectivity index (χ1) is 9.69. The number of ether oxygens (including phenoxy) is 1. The van der Waals surface area contributed by atoms with Crippen LogP contribution >= 0.6 is 0 Å². The van der Waals surface area contributed by atoms with Crippen molar-refractivity contribution in [1.29, 1.82) is 0 Å². The minimum atomic E-state index is -0.523. The van der Waals surface area contributed by atoms with Crippen LogP contribution in [0.2, 0.25) is 0 Å². The molecule has 1 rings (SSSR count). The summed E-state index contributed by atoms with van der Waals surface area (Å²) in [4.78, 5) is 24.3. The average molecular weight is 298 g/mol. The third-order valence-corrected chi connectivity index (χ3v) is 3.49. The van der Waals surface area contributed by atoms with Gasteiger partial charge in [-0.2, -0.15) is 0 Å². The lowest BCUT2D eigenvalue weighted by Gasteiger charge is -2.28. The van der Waals surface area contributed by atoms with Gasteiger partial charge in [0.1, 0.15) is 5.60 Å². The molecular weight excluding hydrogens is 268 g/mol. The van der Waals surface area contributed by atoms with Crippen LogP contribution in [0.3, 0.4) is 0 Å². The predicted octanol–water partition coefficient (Wildman–Crippen LogP) is 2.98. The molecule has 1 fully saturated rings. The molecule has 0 radical (unpaired) electrons. The van der Waals surface area contributed by atoms with E-state index in [4.69, 9.17) is 4.74 Å². The van der Waals surface area contributed by atoms with Crippen molar-refractivity contribution < 1.29 is 14.3 Å². The highest BCUT2D eigenvalue weighted by Gasteiger charge is 2.32. The maximum absolute atomic E-state index is 12.3. The molecule has 0 saturated heterocycles. The van der Waals surface area contributed by atoms with Gasteiger partial charge >= 0.3 is 6.09 Å². The largest absolute Gasteiger partial charge is 0.444 e. The van der Waals surface area contributed by atoms with Gasteiger partial charge in [0.2, 0.25) is 5.91 Å². The SMILES string of the molecule is CC(C)NC(=O)[C@@H]1CCCCC[C@H]1NC(=O)OC(C)(C)C. The fourth-order valence-corrected chi connectivity index (χ4v) is 2.64. The van der Waals surface area contributed by atoms with E-state index in [9.17, 15) is 9.59 Å². The van der Waals surface area contributed by atoms with Gasteiger partial charge in [0.25, 0.3) is 0 Å². The Labute approximate surface area is 128 Å². The van der Waals surface area contributed by atoms with E-state index in [2.05, 4.69) is 10.6 Å². The van der Waals surface area contributed by atoms with Crippen molar-refractivity contribution in [3.63, 3.8) is 0 Å². The summed E-state index contributed by atoms with van der Waals surface area (Å²) in [6, 6.07) is -0.0240. The van der Waals surface area contributed by atoms with Crippen LogP contribution in [0.15, 0.2) is 0 Å². The second-order valence-corrected chi connectivity index (χ2v) is 7.16. The minimum absolute atomic E-state index is 0.0351. The normalized spacial score (nSPS) is 23.3. The van der Waals surface area contributed by atoms with Gasteiger partial charge in [-0.1, -0.05) is 19.3 Å². The average Bonchev–Trinajstić information content (AvgIpc) is 2.50. The quantitative estimate of drug-likeness (QED) is 0.787. The maximum atomic E-state index is 12.3. The van der Waals surface area contributed by atoms with E-state index in [-0.39, 0.29) is 23.9 Å². The molecule has 21 heavy (non-hydrogen) atoms. The van der Waals surface area contributed by atoms with Crippen molar-refractivity contribution in [3.05, 3.63) is 0 Å². The number of carbonyl (C=O) groups is 2. The highest BCUT2D eigenvalue weighted by atomic mass is 16.6. The van der Waals surface area contributed by atoms with Crippen LogP contribution in [0.1, 0.15) is 66.7 Å². The van der Waals surface area contributed by atoms with Crippen LogP contribution in [-0.4, -0.2) is 29.7 Å². The summed E-state index contributed by atoms with van der Waals surface area (Å²) in [5, 5.41) is 5.86. The first-order valence-electron chi connectivity index (χ1n) is 7.99. The van der Waals surface area contributed by atoms with Crippen molar-refractivity contribution in [1.82, 2.24) is 10.6 Å². The van der Waals surface area contributed by atoms with E-state index in [1.807, 2.05) is 34.6 Å². The van der Waals surface area contributed by atoms with Gasteiger partial charge in [-0.3, -0.25) is 4.79 Å². The number of rotatable bonds is 3. The Kier molecular flexibility index (Phi) is 6.49. The molecule has 1 aliphatic rings. The van der Waals surface area contributed by atoms with E-state index < -0.39 is 11.7 Å². The zero-order chi connectivity index (χ0) is 16.0. The fourth-order valence-electron chi connectivity index (χ4n) is 2.64. The first kappa shape index (κ1) is 17.8. The van der Waals surface area contributed by atoms with Crippen LogP contribution in [0.5, 0.6) is 0 Å². The molecule has 0 aromatic carbocycles. The summed E-state index contributed by atoms with van der Waals surface area (Å²) in [5.74, 6) is -0.129. The number of hydrogen-bond acceptors (Lipinski definition) is 3. The lowest BCUT2D eigenvalue weighted by atomic mass is 9.93. The zero-order valence-corrected chi connectivity index (χ0v) is 14.0. The first-order valence-corrected chi connectivity index (χ1v) is 7.99. The Morgan fingerprint density at radius 3 is 2.29 bits per heavy atom. The number of nitrogens with one attached hydrogen (secondary N) is 2. The van der Waals surface area contributed by atoms with Gasteiger partial charge in [-0.25, -0.2) is 4.79 Å². The molecular formula is C16H30N2O3. The fraction of sp³-hybridized carbons (Fsp3) is 0.875. The molecule has 0 bridgehead atoms.